The van der Waals surface area contributed by atoms with Crippen LogP contribution in [-0.2, 0) is 0 Å². The summed E-state index contributed by atoms with van der Waals surface area (Å²) < 4.78 is 0. The van der Waals surface area contributed by atoms with Gasteiger partial charge in [0.25, 0.3) is 0 Å². The molecular weight excluding hydrogens is 311 g/mol. The first kappa shape index (κ1) is 17.4. The average molecular weight is 330 g/mol. The first-order valence-corrected chi connectivity index (χ1v) is 7.51. The van der Waals surface area contributed by atoms with Crippen LogP contribution in [0.4, 0.5) is 0 Å². The Morgan fingerprint density at radius 1 is 0.550 bits per heavy atom. The van der Waals surface area contributed by atoms with Crippen molar-refractivity contribution in [2.75, 3.05) is 0 Å². The maximum absolute atomic E-state index is 5.92. The van der Waals surface area contributed by atoms with Gasteiger partial charge >= 0.3 is 0 Å². The summed E-state index contributed by atoms with van der Waals surface area (Å²) in [5.74, 6) is 0. The molecule has 0 atom stereocenters. The standard InChI is InChI=1S/C9H11Cl.C8H8Cl2/c1-6-4-7(2)8(3)9(10)5-6;1-5-3-7(9)6(2)8(10)4-5/h4-5H,1-3H3;3-4H,1-2H3. The van der Waals surface area contributed by atoms with Gasteiger partial charge in [0.05, 0.1) is 0 Å². The molecule has 3 heteroatoms. The van der Waals surface area contributed by atoms with Crippen LogP contribution in [0.5, 0.6) is 0 Å². The smallest absolute Gasteiger partial charge is 0.0452 e. The van der Waals surface area contributed by atoms with E-state index in [-0.39, 0.29) is 0 Å². The largest absolute Gasteiger partial charge is 0.0840 e. The molecule has 108 valence electrons. The first-order chi connectivity index (χ1) is 9.22. The highest BCUT2D eigenvalue weighted by Gasteiger charge is 2.00. The van der Waals surface area contributed by atoms with E-state index < -0.39 is 0 Å². The van der Waals surface area contributed by atoms with Crippen LogP contribution in [0.15, 0.2) is 24.3 Å². The minimum Gasteiger partial charge on any atom is -0.0840 e. The highest BCUT2D eigenvalue weighted by Crippen LogP contribution is 2.24. The third-order valence-corrected chi connectivity index (χ3v) is 4.35. The summed E-state index contributed by atoms with van der Waals surface area (Å²) in [6.45, 7) is 10.0. The van der Waals surface area contributed by atoms with Gasteiger partial charge in [0.15, 0.2) is 0 Å². The van der Waals surface area contributed by atoms with E-state index in [0.717, 1.165) is 26.2 Å². The summed E-state index contributed by atoms with van der Waals surface area (Å²) in [5, 5.41) is 2.35. The molecule has 0 aliphatic heterocycles. The number of aryl methyl sites for hydroxylation is 3. The van der Waals surface area contributed by atoms with Crippen molar-refractivity contribution in [2.45, 2.75) is 34.6 Å². The molecule has 0 fully saturated rings. The van der Waals surface area contributed by atoms with Gasteiger partial charge in [-0.05, 0) is 80.6 Å². The van der Waals surface area contributed by atoms with E-state index in [4.69, 9.17) is 34.8 Å². The average Bonchev–Trinajstić information content (AvgIpc) is 2.33. The van der Waals surface area contributed by atoms with E-state index in [2.05, 4.69) is 19.9 Å². The van der Waals surface area contributed by atoms with Crippen molar-refractivity contribution in [2.24, 2.45) is 0 Å². The third kappa shape index (κ3) is 4.70. The SMILES string of the molecule is Cc1cc(C)c(C)c(Cl)c1.Cc1cc(Cl)c(C)c(Cl)c1. The molecule has 0 radical (unpaired) electrons. The van der Waals surface area contributed by atoms with Gasteiger partial charge in [0.2, 0.25) is 0 Å². The molecule has 0 saturated carbocycles. The van der Waals surface area contributed by atoms with E-state index in [0.29, 0.717) is 0 Å². The van der Waals surface area contributed by atoms with Crippen molar-refractivity contribution in [1.29, 1.82) is 0 Å². The fourth-order valence-corrected chi connectivity index (χ4v) is 2.68. The quantitative estimate of drug-likeness (QED) is 0.494. The molecular formula is C17H19Cl3. The maximum atomic E-state index is 5.92. The summed E-state index contributed by atoms with van der Waals surface area (Å²) in [5.41, 5.74) is 5.74. The predicted octanol–water partition coefficient (Wildman–Crippen LogP) is 6.88. The van der Waals surface area contributed by atoms with Crippen LogP contribution in [0.1, 0.15) is 27.8 Å². The van der Waals surface area contributed by atoms with E-state index in [1.807, 2.05) is 39.0 Å². The summed E-state index contributed by atoms with van der Waals surface area (Å²) >= 11 is 17.6. The van der Waals surface area contributed by atoms with Crippen LogP contribution in [0.2, 0.25) is 15.1 Å². The number of rotatable bonds is 0. The topological polar surface area (TPSA) is 0 Å². The van der Waals surface area contributed by atoms with E-state index in [9.17, 15) is 0 Å². The molecule has 2 aromatic carbocycles. The lowest BCUT2D eigenvalue weighted by atomic mass is 10.1. The van der Waals surface area contributed by atoms with Crippen molar-refractivity contribution in [3.8, 4) is 0 Å². The zero-order valence-corrected chi connectivity index (χ0v) is 14.7. The van der Waals surface area contributed by atoms with Gasteiger partial charge in [-0.2, -0.15) is 0 Å². The van der Waals surface area contributed by atoms with Crippen molar-refractivity contribution in [1.82, 2.24) is 0 Å². The van der Waals surface area contributed by atoms with Crippen molar-refractivity contribution >= 4 is 34.8 Å². The second kappa shape index (κ2) is 7.36. The summed E-state index contributed by atoms with van der Waals surface area (Å²) in [7, 11) is 0. The first-order valence-electron chi connectivity index (χ1n) is 6.38. The van der Waals surface area contributed by atoms with Crippen LogP contribution in [0, 0.1) is 34.6 Å². The second-order valence-corrected chi connectivity index (χ2v) is 6.26. The fraction of sp³-hybridized carbons (Fsp3) is 0.294. The van der Waals surface area contributed by atoms with Gasteiger partial charge in [-0.3, -0.25) is 0 Å². The molecule has 0 aliphatic rings. The molecule has 20 heavy (non-hydrogen) atoms. The molecule has 0 spiro atoms. The van der Waals surface area contributed by atoms with E-state index >= 15 is 0 Å². The lowest BCUT2D eigenvalue weighted by Crippen LogP contribution is -1.83. The lowest BCUT2D eigenvalue weighted by Gasteiger charge is -2.02. The molecule has 0 heterocycles. The lowest BCUT2D eigenvalue weighted by molar-refractivity contribution is 1.30. The molecule has 2 rings (SSSR count). The van der Waals surface area contributed by atoms with Crippen LogP contribution in [0.3, 0.4) is 0 Å². The number of benzene rings is 2. The molecule has 0 unspecified atom stereocenters. The van der Waals surface area contributed by atoms with E-state index in [1.54, 1.807) is 0 Å². The van der Waals surface area contributed by atoms with Gasteiger partial charge in [-0.1, -0.05) is 40.9 Å². The van der Waals surface area contributed by atoms with Crippen LogP contribution in [0.25, 0.3) is 0 Å². The number of halogens is 3. The van der Waals surface area contributed by atoms with Gasteiger partial charge < -0.3 is 0 Å². The second-order valence-electron chi connectivity index (χ2n) is 5.04. The molecule has 0 aromatic heterocycles. The highest BCUT2D eigenvalue weighted by atomic mass is 35.5. The Morgan fingerprint density at radius 3 is 1.30 bits per heavy atom. The number of hydrogen-bond donors (Lipinski definition) is 0. The normalized spacial score (nSPS) is 10.0. The van der Waals surface area contributed by atoms with Gasteiger partial charge in [0, 0.05) is 15.1 Å². The summed E-state index contributed by atoms with van der Waals surface area (Å²) in [4.78, 5) is 0. The molecule has 0 bridgehead atoms. The molecule has 0 nitrogen and oxygen atoms in total. The Hall–Kier alpha value is -0.690. The van der Waals surface area contributed by atoms with Crippen LogP contribution >= 0.6 is 34.8 Å². The van der Waals surface area contributed by atoms with Gasteiger partial charge in [0.1, 0.15) is 0 Å². The molecule has 2 aromatic rings. The molecule has 0 aliphatic carbocycles. The Bertz CT molecular complexity index is 514. The summed E-state index contributed by atoms with van der Waals surface area (Å²) in [6, 6.07) is 7.94. The number of hydrogen-bond acceptors (Lipinski definition) is 0. The molecule has 0 saturated heterocycles. The van der Waals surface area contributed by atoms with E-state index in [1.165, 1.54) is 16.7 Å². The minimum atomic E-state index is 0.741. The Balaban J connectivity index is 0.000000200. The third-order valence-electron chi connectivity index (χ3n) is 3.17. The Kier molecular flexibility index (Phi) is 6.39. The molecule has 0 N–H and O–H groups in total. The summed E-state index contributed by atoms with van der Waals surface area (Å²) in [6.07, 6.45) is 0. The van der Waals surface area contributed by atoms with Gasteiger partial charge in [-0.25, -0.2) is 0 Å². The maximum Gasteiger partial charge on any atom is 0.0452 e. The Labute approximate surface area is 136 Å². The predicted molar refractivity (Wildman–Crippen MR) is 91.6 cm³/mol. The monoisotopic (exact) mass is 328 g/mol. The van der Waals surface area contributed by atoms with Crippen molar-refractivity contribution in [3.63, 3.8) is 0 Å². The van der Waals surface area contributed by atoms with Crippen molar-refractivity contribution < 1.29 is 0 Å². The highest BCUT2D eigenvalue weighted by molar-refractivity contribution is 6.36. The van der Waals surface area contributed by atoms with Gasteiger partial charge in [-0.15, -0.1) is 0 Å². The van der Waals surface area contributed by atoms with Crippen molar-refractivity contribution in [3.05, 3.63) is 67.2 Å². The fourth-order valence-electron chi connectivity index (χ4n) is 1.76. The van der Waals surface area contributed by atoms with Crippen LogP contribution < -0.4 is 0 Å². The molecule has 0 amide bonds. The van der Waals surface area contributed by atoms with Crippen LogP contribution in [-0.4, -0.2) is 0 Å². The zero-order valence-electron chi connectivity index (χ0n) is 12.4. The minimum absolute atomic E-state index is 0.741. The zero-order chi connectivity index (χ0) is 15.4. The Morgan fingerprint density at radius 2 is 0.900 bits per heavy atom.